The Kier molecular flexibility index (Phi) is 9.43. The topological polar surface area (TPSA) is 25.8 Å². The van der Waals surface area contributed by atoms with E-state index in [2.05, 4.69) is 243 Å². The lowest BCUT2D eigenvalue weighted by Gasteiger charge is -2.34. The van der Waals surface area contributed by atoms with Crippen LogP contribution in [-0.4, -0.2) is 9.97 Å². The van der Waals surface area contributed by atoms with Crippen molar-refractivity contribution in [2.75, 3.05) is 0 Å². The number of hydrogen-bond acceptors (Lipinski definition) is 2. The standard InChI is InChI=1S/C63H42N2/c1-5-20-46(21-6-1)60-42-61(47-22-7-2-8-23-47)65-62(64-60)49-26-17-25-48(39-49)43-35-37-45(38-36-43)55-41-59-57(40-56(55)53-33-18-24-44-19-13-14-31-52(44)53)54-32-15-16-34-58(54)63(59,50-27-9-3-10-28-50)51-29-11-4-12-30-51/h1-42H. The maximum absolute atomic E-state index is 5.14. The van der Waals surface area contributed by atoms with Gasteiger partial charge >= 0.3 is 0 Å². The van der Waals surface area contributed by atoms with Crippen LogP contribution in [0.4, 0.5) is 0 Å². The molecule has 0 N–H and O–H groups in total. The lowest BCUT2D eigenvalue weighted by atomic mass is 9.67. The third-order valence-corrected chi connectivity index (χ3v) is 13.2. The van der Waals surface area contributed by atoms with Crippen LogP contribution in [-0.2, 0) is 5.41 Å². The number of hydrogen-bond donors (Lipinski definition) is 0. The molecule has 0 unspecified atom stereocenters. The maximum Gasteiger partial charge on any atom is 0.160 e. The van der Waals surface area contributed by atoms with Gasteiger partial charge < -0.3 is 0 Å². The molecule has 0 bridgehead atoms. The third-order valence-electron chi connectivity index (χ3n) is 13.2. The highest BCUT2D eigenvalue weighted by atomic mass is 14.9. The van der Waals surface area contributed by atoms with Gasteiger partial charge in [-0.1, -0.05) is 231 Å². The molecule has 0 saturated heterocycles. The van der Waals surface area contributed by atoms with E-state index in [0.717, 1.165) is 44.8 Å². The third kappa shape index (κ3) is 6.58. The summed E-state index contributed by atoms with van der Waals surface area (Å²) in [7, 11) is 0. The van der Waals surface area contributed by atoms with Crippen LogP contribution in [0.25, 0.3) is 89.2 Å². The van der Waals surface area contributed by atoms with Crippen LogP contribution >= 0.6 is 0 Å². The molecule has 2 nitrogen and oxygen atoms in total. The highest BCUT2D eigenvalue weighted by Crippen LogP contribution is 2.58. The highest BCUT2D eigenvalue weighted by molar-refractivity contribution is 6.03. The molecule has 2 heteroatoms. The average molecular weight is 827 g/mol. The van der Waals surface area contributed by atoms with E-state index < -0.39 is 5.41 Å². The molecule has 304 valence electrons. The Labute approximate surface area is 379 Å². The summed E-state index contributed by atoms with van der Waals surface area (Å²) in [5.41, 5.74) is 19.0. The van der Waals surface area contributed by atoms with Gasteiger partial charge in [-0.25, -0.2) is 9.97 Å². The molecule has 0 atom stereocenters. The largest absolute Gasteiger partial charge is 0.228 e. The van der Waals surface area contributed by atoms with Gasteiger partial charge in [0, 0.05) is 16.7 Å². The Morgan fingerprint density at radius 1 is 0.262 bits per heavy atom. The van der Waals surface area contributed by atoms with Gasteiger partial charge in [0.15, 0.2) is 5.82 Å². The summed E-state index contributed by atoms with van der Waals surface area (Å²) in [6.07, 6.45) is 0. The molecule has 0 fully saturated rings. The Balaban J connectivity index is 1.03. The minimum absolute atomic E-state index is 0.513. The first-order chi connectivity index (χ1) is 32.2. The van der Waals surface area contributed by atoms with Crippen LogP contribution in [0, 0.1) is 0 Å². The second-order valence-corrected chi connectivity index (χ2v) is 16.8. The molecule has 1 aromatic heterocycles. The van der Waals surface area contributed by atoms with Gasteiger partial charge in [-0.3, -0.25) is 0 Å². The van der Waals surface area contributed by atoms with Gasteiger partial charge in [0.2, 0.25) is 0 Å². The van der Waals surface area contributed by atoms with Crippen molar-refractivity contribution < 1.29 is 0 Å². The van der Waals surface area contributed by atoms with Gasteiger partial charge in [0.05, 0.1) is 16.8 Å². The second kappa shape index (κ2) is 16.0. The molecule has 1 aliphatic carbocycles. The average Bonchev–Trinajstić information content (AvgIpc) is 3.69. The van der Waals surface area contributed by atoms with E-state index in [1.54, 1.807) is 0 Å². The minimum atomic E-state index is -0.513. The van der Waals surface area contributed by atoms with Crippen LogP contribution < -0.4 is 0 Å². The fraction of sp³-hybridized carbons (Fsp3) is 0.0159. The predicted octanol–water partition coefficient (Wildman–Crippen LogP) is 16.0. The van der Waals surface area contributed by atoms with Gasteiger partial charge in [-0.05, 0) is 102 Å². The van der Waals surface area contributed by atoms with Gasteiger partial charge in [-0.2, -0.15) is 0 Å². The number of rotatable bonds is 8. The molecule has 0 spiro atoms. The van der Waals surface area contributed by atoms with E-state index in [4.69, 9.17) is 9.97 Å². The van der Waals surface area contributed by atoms with E-state index in [1.165, 1.54) is 60.8 Å². The van der Waals surface area contributed by atoms with Crippen LogP contribution in [0.5, 0.6) is 0 Å². The van der Waals surface area contributed by atoms with Crippen LogP contribution in [0.1, 0.15) is 22.3 Å². The van der Waals surface area contributed by atoms with Crippen molar-refractivity contribution in [3.05, 3.63) is 277 Å². The van der Waals surface area contributed by atoms with Crippen molar-refractivity contribution >= 4 is 10.8 Å². The zero-order valence-corrected chi connectivity index (χ0v) is 35.6. The van der Waals surface area contributed by atoms with Gasteiger partial charge in [0.25, 0.3) is 0 Å². The normalized spacial score (nSPS) is 12.4. The van der Waals surface area contributed by atoms with E-state index >= 15 is 0 Å². The first kappa shape index (κ1) is 38.2. The summed E-state index contributed by atoms with van der Waals surface area (Å²) in [6.45, 7) is 0. The summed E-state index contributed by atoms with van der Waals surface area (Å²) < 4.78 is 0. The number of aromatic nitrogens is 2. The number of fused-ring (bicyclic) bond motifs is 4. The Bertz CT molecular complexity index is 3400. The van der Waals surface area contributed by atoms with Crippen molar-refractivity contribution in [2.24, 2.45) is 0 Å². The Hall–Kier alpha value is -8.46. The van der Waals surface area contributed by atoms with E-state index in [0.29, 0.717) is 5.82 Å². The molecule has 0 aliphatic heterocycles. The predicted molar refractivity (Wildman–Crippen MR) is 269 cm³/mol. The molecule has 10 aromatic carbocycles. The SMILES string of the molecule is c1ccc(-c2cc(-c3ccccc3)nc(-c3cccc(-c4ccc(-c5cc6c(cc5-c5cccc7ccccc57)-c5ccccc5C6(c5ccccc5)c5ccccc5)cc4)c3)n2)cc1. The zero-order chi connectivity index (χ0) is 43.2. The summed E-state index contributed by atoms with van der Waals surface area (Å²) in [6, 6.07) is 92.1. The molecule has 0 amide bonds. The fourth-order valence-corrected chi connectivity index (χ4v) is 10.2. The monoisotopic (exact) mass is 826 g/mol. The molecule has 0 radical (unpaired) electrons. The smallest absolute Gasteiger partial charge is 0.160 e. The summed E-state index contributed by atoms with van der Waals surface area (Å²) in [5.74, 6) is 0.697. The molecule has 1 aliphatic rings. The number of benzene rings is 10. The lowest BCUT2D eigenvalue weighted by molar-refractivity contribution is 0.769. The lowest BCUT2D eigenvalue weighted by Crippen LogP contribution is -2.28. The van der Waals surface area contributed by atoms with E-state index in [9.17, 15) is 0 Å². The minimum Gasteiger partial charge on any atom is -0.228 e. The van der Waals surface area contributed by atoms with Crippen LogP contribution in [0.15, 0.2) is 255 Å². The fourth-order valence-electron chi connectivity index (χ4n) is 10.2. The first-order valence-electron chi connectivity index (χ1n) is 22.3. The first-order valence-corrected chi connectivity index (χ1v) is 22.3. The summed E-state index contributed by atoms with van der Waals surface area (Å²) in [4.78, 5) is 10.3. The highest BCUT2D eigenvalue weighted by Gasteiger charge is 2.46. The van der Waals surface area contributed by atoms with E-state index in [-0.39, 0.29) is 0 Å². The van der Waals surface area contributed by atoms with Crippen molar-refractivity contribution in [2.45, 2.75) is 5.41 Å². The summed E-state index contributed by atoms with van der Waals surface area (Å²) >= 11 is 0. The summed E-state index contributed by atoms with van der Waals surface area (Å²) in [5, 5.41) is 2.46. The molecular formula is C63H42N2. The zero-order valence-electron chi connectivity index (χ0n) is 35.6. The van der Waals surface area contributed by atoms with E-state index in [1.807, 2.05) is 12.1 Å². The van der Waals surface area contributed by atoms with Crippen LogP contribution in [0.2, 0.25) is 0 Å². The van der Waals surface area contributed by atoms with Crippen LogP contribution in [0.3, 0.4) is 0 Å². The number of nitrogens with zero attached hydrogens (tertiary/aromatic N) is 2. The molecule has 65 heavy (non-hydrogen) atoms. The maximum atomic E-state index is 5.14. The van der Waals surface area contributed by atoms with Gasteiger partial charge in [0.1, 0.15) is 0 Å². The molecule has 12 rings (SSSR count). The van der Waals surface area contributed by atoms with Crippen molar-refractivity contribution in [3.63, 3.8) is 0 Å². The molecule has 0 saturated carbocycles. The quantitative estimate of drug-likeness (QED) is 0.152. The van der Waals surface area contributed by atoms with Gasteiger partial charge in [-0.15, -0.1) is 0 Å². The van der Waals surface area contributed by atoms with Crippen molar-refractivity contribution in [1.29, 1.82) is 0 Å². The Morgan fingerprint density at radius 2 is 0.769 bits per heavy atom. The van der Waals surface area contributed by atoms with Crippen molar-refractivity contribution in [3.8, 4) is 78.4 Å². The molecule has 1 heterocycles. The molecular weight excluding hydrogens is 785 g/mol. The van der Waals surface area contributed by atoms with Crippen molar-refractivity contribution in [1.82, 2.24) is 9.97 Å². The Morgan fingerprint density at radius 3 is 1.45 bits per heavy atom. The molecule has 11 aromatic rings. The second-order valence-electron chi connectivity index (χ2n) is 16.8.